The van der Waals surface area contributed by atoms with Crippen LogP contribution >= 0.6 is 0 Å². The Labute approximate surface area is 156 Å². The molecule has 0 spiro atoms. The van der Waals surface area contributed by atoms with Crippen molar-refractivity contribution < 1.29 is 28.9 Å². The number of amides is 1. The summed E-state index contributed by atoms with van der Waals surface area (Å²) in [6.45, 7) is 1.28. The zero-order valence-corrected chi connectivity index (χ0v) is 15.2. The minimum atomic E-state index is -1.06. The zero-order chi connectivity index (χ0) is 19.8. The van der Waals surface area contributed by atoms with Crippen molar-refractivity contribution >= 4 is 17.6 Å². The number of carbonyl (C=O) groups excluding carboxylic acids is 1. The first-order chi connectivity index (χ1) is 12.9. The van der Waals surface area contributed by atoms with Gasteiger partial charge in [0, 0.05) is 11.1 Å². The summed E-state index contributed by atoms with van der Waals surface area (Å²) >= 11 is 0. The molecule has 0 saturated carbocycles. The lowest BCUT2D eigenvalue weighted by atomic mass is 10.1. The number of carboxylic acid groups (broad SMARTS) is 1. The summed E-state index contributed by atoms with van der Waals surface area (Å²) in [6.07, 6.45) is 0. The van der Waals surface area contributed by atoms with Crippen molar-refractivity contribution in [2.24, 2.45) is 5.10 Å². The fourth-order valence-electron chi connectivity index (χ4n) is 2.20. The molecule has 0 unspecified atom stereocenters. The van der Waals surface area contributed by atoms with E-state index in [9.17, 15) is 9.59 Å². The lowest BCUT2D eigenvalue weighted by Crippen LogP contribution is -2.19. The second kappa shape index (κ2) is 9.23. The van der Waals surface area contributed by atoms with E-state index in [0.29, 0.717) is 34.1 Å². The molecule has 2 aromatic rings. The van der Waals surface area contributed by atoms with Crippen molar-refractivity contribution in [1.29, 1.82) is 0 Å². The third-order valence-electron chi connectivity index (χ3n) is 3.59. The molecule has 0 saturated heterocycles. The number of ether oxygens (including phenoxy) is 3. The number of hydrogen-bond donors (Lipinski definition) is 2. The predicted molar refractivity (Wildman–Crippen MR) is 98.8 cm³/mol. The minimum Gasteiger partial charge on any atom is -0.493 e. The van der Waals surface area contributed by atoms with E-state index in [4.69, 9.17) is 19.3 Å². The van der Waals surface area contributed by atoms with Crippen molar-refractivity contribution in [2.75, 3.05) is 20.8 Å². The van der Waals surface area contributed by atoms with Gasteiger partial charge in [-0.15, -0.1) is 0 Å². The van der Waals surface area contributed by atoms with Crippen LogP contribution in [0.4, 0.5) is 0 Å². The summed E-state index contributed by atoms with van der Waals surface area (Å²) in [6, 6.07) is 11.6. The standard InChI is InChI=1S/C19H20N2O6/c1-12(13-5-4-6-15(9-13)27-11-18(22)23)20-21-19(24)14-7-8-16(25-2)17(10-14)26-3/h4-10H,11H2,1-3H3,(H,21,24)(H,22,23)/b20-12-. The topological polar surface area (TPSA) is 106 Å². The van der Waals surface area contributed by atoms with E-state index in [1.165, 1.54) is 14.2 Å². The van der Waals surface area contributed by atoms with Gasteiger partial charge in [0.05, 0.1) is 19.9 Å². The van der Waals surface area contributed by atoms with Gasteiger partial charge < -0.3 is 19.3 Å². The normalized spacial score (nSPS) is 10.9. The highest BCUT2D eigenvalue weighted by atomic mass is 16.5. The molecular formula is C19H20N2O6. The van der Waals surface area contributed by atoms with Crippen LogP contribution in [0, 0.1) is 0 Å². The van der Waals surface area contributed by atoms with Crippen LogP contribution < -0.4 is 19.6 Å². The molecule has 2 aromatic carbocycles. The number of rotatable bonds is 8. The Morgan fingerprint density at radius 2 is 1.78 bits per heavy atom. The summed E-state index contributed by atoms with van der Waals surface area (Å²) < 4.78 is 15.5. The van der Waals surface area contributed by atoms with Gasteiger partial charge in [-0.1, -0.05) is 12.1 Å². The lowest BCUT2D eigenvalue weighted by Gasteiger charge is -2.09. The molecule has 0 bridgehead atoms. The average molecular weight is 372 g/mol. The van der Waals surface area contributed by atoms with Crippen LogP contribution in [0.1, 0.15) is 22.8 Å². The first-order valence-corrected chi connectivity index (χ1v) is 7.96. The number of nitrogens with zero attached hydrogens (tertiary/aromatic N) is 1. The van der Waals surface area contributed by atoms with E-state index >= 15 is 0 Å². The van der Waals surface area contributed by atoms with E-state index < -0.39 is 18.5 Å². The van der Waals surface area contributed by atoms with Gasteiger partial charge >= 0.3 is 5.97 Å². The molecule has 1 amide bonds. The number of hydrazone groups is 1. The molecule has 142 valence electrons. The monoisotopic (exact) mass is 372 g/mol. The number of carboxylic acids is 1. The van der Waals surface area contributed by atoms with Crippen molar-refractivity contribution in [1.82, 2.24) is 5.43 Å². The van der Waals surface area contributed by atoms with Crippen LogP contribution in [-0.2, 0) is 4.79 Å². The van der Waals surface area contributed by atoms with Gasteiger partial charge in [0.25, 0.3) is 5.91 Å². The Balaban J connectivity index is 2.09. The van der Waals surface area contributed by atoms with Crippen LogP contribution in [0.15, 0.2) is 47.6 Å². The summed E-state index contributed by atoms with van der Waals surface area (Å²) in [5, 5.41) is 12.7. The van der Waals surface area contributed by atoms with Gasteiger partial charge in [-0.2, -0.15) is 5.10 Å². The first kappa shape index (κ1) is 19.8. The highest BCUT2D eigenvalue weighted by Gasteiger charge is 2.10. The maximum absolute atomic E-state index is 12.3. The largest absolute Gasteiger partial charge is 0.493 e. The van der Waals surface area contributed by atoms with Gasteiger partial charge in [-0.05, 0) is 37.3 Å². The number of methoxy groups -OCH3 is 2. The smallest absolute Gasteiger partial charge is 0.341 e. The Morgan fingerprint density at radius 1 is 1.04 bits per heavy atom. The highest BCUT2D eigenvalue weighted by Crippen LogP contribution is 2.27. The predicted octanol–water partition coefficient (Wildman–Crippen LogP) is 2.32. The molecule has 0 aliphatic heterocycles. The molecule has 8 nitrogen and oxygen atoms in total. The maximum Gasteiger partial charge on any atom is 0.341 e. The second-order valence-electron chi connectivity index (χ2n) is 5.42. The van der Waals surface area contributed by atoms with Crippen LogP contribution in [0.3, 0.4) is 0 Å². The molecule has 0 atom stereocenters. The summed E-state index contributed by atoms with van der Waals surface area (Å²) in [4.78, 5) is 22.9. The van der Waals surface area contributed by atoms with E-state index in [2.05, 4.69) is 10.5 Å². The molecule has 0 radical (unpaired) electrons. The number of aliphatic carboxylic acids is 1. The van der Waals surface area contributed by atoms with Crippen LogP contribution in [0.5, 0.6) is 17.2 Å². The lowest BCUT2D eigenvalue weighted by molar-refractivity contribution is -0.139. The fourth-order valence-corrected chi connectivity index (χ4v) is 2.20. The molecule has 0 aliphatic rings. The van der Waals surface area contributed by atoms with E-state index in [0.717, 1.165) is 0 Å². The third-order valence-corrected chi connectivity index (χ3v) is 3.59. The summed E-state index contributed by atoms with van der Waals surface area (Å²) in [5.41, 5.74) is 4.05. The maximum atomic E-state index is 12.3. The Bertz CT molecular complexity index is 863. The van der Waals surface area contributed by atoms with Crippen molar-refractivity contribution in [3.8, 4) is 17.2 Å². The number of nitrogens with one attached hydrogen (secondary N) is 1. The Morgan fingerprint density at radius 3 is 2.44 bits per heavy atom. The molecular weight excluding hydrogens is 352 g/mol. The molecule has 8 heteroatoms. The second-order valence-corrected chi connectivity index (χ2v) is 5.42. The fraction of sp³-hybridized carbons (Fsp3) is 0.211. The minimum absolute atomic E-state index is 0.364. The quantitative estimate of drug-likeness (QED) is 0.544. The molecule has 2 rings (SSSR count). The Hall–Kier alpha value is -3.55. The van der Waals surface area contributed by atoms with Crippen molar-refractivity contribution in [2.45, 2.75) is 6.92 Å². The molecule has 27 heavy (non-hydrogen) atoms. The van der Waals surface area contributed by atoms with Crippen LogP contribution in [-0.4, -0.2) is 43.5 Å². The number of hydrogen-bond acceptors (Lipinski definition) is 6. The first-order valence-electron chi connectivity index (χ1n) is 7.96. The number of benzene rings is 2. The van der Waals surface area contributed by atoms with Gasteiger partial charge in [0.15, 0.2) is 18.1 Å². The molecule has 0 aromatic heterocycles. The van der Waals surface area contributed by atoms with Crippen molar-refractivity contribution in [3.05, 3.63) is 53.6 Å². The SMILES string of the molecule is COc1ccc(C(=O)N/N=C(/C)c2cccc(OCC(=O)O)c2)cc1OC. The molecule has 0 heterocycles. The third kappa shape index (κ3) is 5.46. The molecule has 0 aliphatic carbocycles. The highest BCUT2D eigenvalue weighted by molar-refractivity contribution is 6.01. The number of carbonyl (C=O) groups is 2. The van der Waals surface area contributed by atoms with Gasteiger partial charge in [-0.25, -0.2) is 10.2 Å². The van der Waals surface area contributed by atoms with Gasteiger partial charge in [0.1, 0.15) is 5.75 Å². The van der Waals surface area contributed by atoms with Crippen molar-refractivity contribution in [3.63, 3.8) is 0 Å². The van der Waals surface area contributed by atoms with Crippen LogP contribution in [0.25, 0.3) is 0 Å². The van der Waals surface area contributed by atoms with Gasteiger partial charge in [-0.3, -0.25) is 4.79 Å². The zero-order valence-electron chi connectivity index (χ0n) is 15.2. The molecule has 2 N–H and O–H groups in total. The Kier molecular flexibility index (Phi) is 6.76. The van der Waals surface area contributed by atoms with E-state index in [1.807, 2.05) is 0 Å². The van der Waals surface area contributed by atoms with Gasteiger partial charge in [0.2, 0.25) is 0 Å². The van der Waals surface area contributed by atoms with Crippen LogP contribution in [0.2, 0.25) is 0 Å². The van der Waals surface area contributed by atoms with E-state index in [1.54, 1.807) is 49.4 Å². The average Bonchev–Trinajstić information content (AvgIpc) is 2.69. The summed E-state index contributed by atoms with van der Waals surface area (Å²) in [5.74, 6) is -0.113. The molecule has 0 fully saturated rings. The summed E-state index contributed by atoms with van der Waals surface area (Å²) in [7, 11) is 3.00. The van der Waals surface area contributed by atoms with E-state index in [-0.39, 0.29) is 0 Å².